The fourth-order valence-electron chi connectivity index (χ4n) is 0.958. The Balaban J connectivity index is 2.59. The van der Waals surface area contributed by atoms with Gasteiger partial charge in [-0.15, -0.1) is 0 Å². The first-order valence-electron chi connectivity index (χ1n) is 5.06. The molecule has 1 aromatic rings. The van der Waals surface area contributed by atoms with Crippen molar-refractivity contribution in [2.24, 2.45) is 10.9 Å². The normalized spacial score (nSPS) is 11.1. The van der Waals surface area contributed by atoms with Gasteiger partial charge in [0, 0.05) is 23.6 Å². The number of carbonyl (C=O) groups is 1. The van der Waals surface area contributed by atoms with Crippen LogP contribution in [-0.4, -0.2) is 23.4 Å². The number of amidine groups is 1. The number of nitrogens with zero attached hydrogens (tertiary/aromatic N) is 2. The zero-order chi connectivity index (χ0) is 13.5. The van der Waals surface area contributed by atoms with E-state index in [1.165, 1.54) is 11.4 Å². The molecule has 0 fully saturated rings. The standard InChI is InChI=1S/C9H12N4O4S/c1-2-3-11-9(14)17-12-8(10)6-4-7(13(15)16)18-5-6/h4-5H,2-3H2,1H3,(H2,10,12)(H,11,14). The summed E-state index contributed by atoms with van der Waals surface area (Å²) in [5.74, 6) is -0.0917. The topological polar surface area (TPSA) is 120 Å². The van der Waals surface area contributed by atoms with Gasteiger partial charge in [0.05, 0.1) is 4.92 Å². The number of nitrogens with two attached hydrogens (primary N) is 1. The second-order valence-electron chi connectivity index (χ2n) is 3.21. The Hall–Kier alpha value is -2.16. The van der Waals surface area contributed by atoms with E-state index in [0.29, 0.717) is 12.1 Å². The third kappa shape index (κ3) is 4.01. The molecule has 1 aromatic heterocycles. The van der Waals surface area contributed by atoms with Crippen molar-refractivity contribution in [2.45, 2.75) is 13.3 Å². The summed E-state index contributed by atoms with van der Waals surface area (Å²) in [5.41, 5.74) is 5.86. The molecule has 1 rings (SSSR count). The second-order valence-corrected chi connectivity index (χ2v) is 4.10. The first-order chi connectivity index (χ1) is 8.54. The van der Waals surface area contributed by atoms with Crippen molar-refractivity contribution < 1.29 is 14.6 Å². The van der Waals surface area contributed by atoms with Crippen LogP contribution in [0.5, 0.6) is 0 Å². The first kappa shape index (κ1) is 13.9. The molecule has 0 unspecified atom stereocenters. The lowest BCUT2D eigenvalue weighted by molar-refractivity contribution is -0.380. The molecular formula is C9H12N4O4S. The van der Waals surface area contributed by atoms with Gasteiger partial charge in [-0.2, -0.15) is 0 Å². The van der Waals surface area contributed by atoms with E-state index in [2.05, 4.69) is 15.3 Å². The maximum Gasteiger partial charge on any atom is 0.433 e. The van der Waals surface area contributed by atoms with Crippen molar-refractivity contribution in [1.82, 2.24) is 5.32 Å². The number of nitrogens with one attached hydrogen (secondary N) is 1. The molecule has 1 amide bonds. The Morgan fingerprint density at radius 1 is 1.72 bits per heavy atom. The van der Waals surface area contributed by atoms with E-state index in [-0.39, 0.29) is 10.8 Å². The van der Waals surface area contributed by atoms with Crippen LogP contribution in [0.15, 0.2) is 16.6 Å². The van der Waals surface area contributed by atoms with Crippen LogP contribution in [0.25, 0.3) is 0 Å². The van der Waals surface area contributed by atoms with Crippen LogP contribution in [0.2, 0.25) is 0 Å². The van der Waals surface area contributed by atoms with Gasteiger partial charge in [-0.3, -0.25) is 15.0 Å². The third-order valence-corrected chi connectivity index (χ3v) is 2.69. The molecule has 0 aliphatic carbocycles. The summed E-state index contributed by atoms with van der Waals surface area (Å²) in [6.45, 7) is 2.36. The molecule has 0 aliphatic rings. The van der Waals surface area contributed by atoms with Gasteiger partial charge in [0.15, 0.2) is 5.84 Å². The molecule has 8 nitrogen and oxygen atoms in total. The van der Waals surface area contributed by atoms with E-state index in [9.17, 15) is 14.9 Å². The number of carbonyl (C=O) groups excluding carboxylic acids is 1. The highest BCUT2D eigenvalue weighted by atomic mass is 32.1. The molecular weight excluding hydrogens is 260 g/mol. The van der Waals surface area contributed by atoms with Crippen LogP contribution in [0.4, 0.5) is 9.80 Å². The zero-order valence-corrected chi connectivity index (χ0v) is 10.4. The Kier molecular flexibility index (Phi) is 5.06. The van der Waals surface area contributed by atoms with E-state index < -0.39 is 11.0 Å². The van der Waals surface area contributed by atoms with Gasteiger partial charge in [-0.25, -0.2) is 4.79 Å². The SMILES string of the molecule is CCCNC(=O)O/N=C(/N)c1csc([N+](=O)[O-])c1. The van der Waals surface area contributed by atoms with E-state index >= 15 is 0 Å². The number of hydrogen-bond acceptors (Lipinski definition) is 6. The van der Waals surface area contributed by atoms with Gasteiger partial charge in [-0.1, -0.05) is 23.4 Å². The molecule has 1 heterocycles. The summed E-state index contributed by atoms with van der Waals surface area (Å²) < 4.78 is 0. The van der Waals surface area contributed by atoms with Crippen molar-refractivity contribution in [3.8, 4) is 0 Å². The molecule has 0 saturated carbocycles. The van der Waals surface area contributed by atoms with E-state index in [1.54, 1.807) is 0 Å². The summed E-state index contributed by atoms with van der Waals surface area (Å²) in [5, 5.41) is 17.7. The van der Waals surface area contributed by atoms with Crippen molar-refractivity contribution in [2.75, 3.05) is 6.54 Å². The second kappa shape index (κ2) is 6.55. The zero-order valence-electron chi connectivity index (χ0n) is 9.58. The van der Waals surface area contributed by atoms with Crippen molar-refractivity contribution in [1.29, 1.82) is 0 Å². The monoisotopic (exact) mass is 272 g/mol. The number of thiophene rings is 1. The van der Waals surface area contributed by atoms with Gasteiger partial charge in [0.25, 0.3) is 0 Å². The van der Waals surface area contributed by atoms with Crippen LogP contribution in [0, 0.1) is 10.1 Å². The Morgan fingerprint density at radius 3 is 3.00 bits per heavy atom. The Morgan fingerprint density at radius 2 is 2.44 bits per heavy atom. The average molecular weight is 272 g/mol. The van der Waals surface area contributed by atoms with Crippen LogP contribution in [0.3, 0.4) is 0 Å². The highest BCUT2D eigenvalue weighted by molar-refractivity contribution is 7.13. The molecule has 9 heteroatoms. The number of nitro groups is 1. The third-order valence-electron chi connectivity index (χ3n) is 1.81. The molecule has 98 valence electrons. The molecule has 0 spiro atoms. The van der Waals surface area contributed by atoms with Gasteiger partial charge < -0.3 is 11.1 Å². The minimum atomic E-state index is -0.718. The molecule has 0 atom stereocenters. The highest BCUT2D eigenvalue weighted by Crippen LogP contribution is 2.22. The summed E-state index contributed by atoms with van der Waals surface area (Å²) in [7, 11) is 0. The quantitative estimate of drug-likeness (QED) is 0.276. The van der Waals surface area contributed by atoms with E-state index in [1.807, 2.05) is 6.92 Å². The fraction of sp³-hybridized carbons (Fsp3) is 0.333. The minimum absolute atomic E-state index is 0.0569. The van der Waals surface area contributed by atoms with Crippen LogP contribution in [-0.2, 0) is 4.84 Å². The average Bonchev–Trinajstić information content (AvgIpc) is 2.83. The van der Waals surface area contributed by atoms with Crippen molar-refractivity contribution >= 4 is 28.3 Å². The first-order valence-corrected chi connectivity index (χ1v) is 5.94. The maximum atomic E-state index is 11.0. The summed E-state index contributed by atoms with van der Waals surface area (Å²) in [6, 6.07) is 1.26. The summed E-state index contributed by atoms with van der Waals surface area (Å²) >= 11 is 0.918. The largest absolute Gasteiger partial charge is 0.433 e. The van der Waals surface area contributed by atoms with Gasteiger partial charge >= 0.3 is 11.1 Å². The van der Waals surface area contributed by atoms with Crippen LogP contribution >= 0.6 is 11.3 Å². The molecule has 0 bridgehead atoms. The molecule has 0 saturated heterocycles. The lowest BCUT2D eigenvalue weighted by Gasteiger charge is -2.00. The highest BCUT2D eigenvalue weighted by Gasteiger charge is 2.12. The molecule has 18 heavy (non-hydrogen) atoms. The number of rotatable bonds is 5. The Labute approximate surface area is 107 Å². The molecule has 0 aromatic carbocycles. The predicted molar refractivity (Wildman–Crippen MR) is 66.5 cm³/mol. The van der Waals surface area contributed by atoms with Crippen LogP contribution < -0.4 is 11.1 Å². The lowest BCUT2D eigenvalue weighted by atomic mass is 10.3. The summed E-state index contributed by atoms with van der Waals surface area (Å²) in [6.07, 6.45) is 0.0508. The number of hydrogen-bond donors (Lipinski definition) is 2. The van der Waals surface area contributed by atoms with Gasteiger partial charge in [-0.05, 0) is 6.42 Å². The lowest BCUT2D eigenvalue weighted by Crippen LogP contribution is -2.24. The van der Waals surface area contributed by atoms with Crippen LogP contribution in [0.1, 0.15) is 18.9 Å². The predicted octanol–water partition coefficient (Wildman–Crippen LogP) is 1.41. The van der Waals surface area contributed by atoms with E-state index in [0.717, 1.165) is 17.8 Å². The molecule has 0 aliphatic heterocycles. The fourth-order valence-corrected chi connectivity index (χ4v) is 1.68. The van der Waals surface area contributed by atoms with Gasteiger partial charge in [0.1, 0.15) is 0 Å². The maximum absolute atomic E-state index is 11.0. The number of oxime groups is 1. The van der Waals surface area contributed by atoms with Crippen molar-refractivity contribution in [3.05, 3.63) is 27.1 Å². The summed E-state index contributed by atoms with van der Waals surface area (Å²) in [4.78, 5) is 25.5. The number of amides is 1. The van der Waals surface area contributed by atoms with Gasteiger partial charge in [0.2, 0.25) is 0 Å². The molecule has 0 radical (unpaired) electrons. The van der Waals surface area contributed by atoms with E-state index in [4.69, 9.17) is 5.73 Å². The smallest absolute Gasteiger partial charge is 0.380 e. The van der Waals surface area contributed by atoms with Crippen molar-refractivity contribution in [3.63, 3.8) is 0 Å². The Bertz CT molecular complexity index is 471. The minimum Gasteiger partial charge on any atom is -0.380 e. The molecule has 3 N–H and O–H groups in total.